The molecule has 0 radical (unpaired) electrons. The van der Waals surface area contributed by atoms with E-state index in [-0.39, 0.29) is 11.9 Å². The fourth-order valence-corrected chi connectivity index (χ4v) is 4.24. The van der Waals surface area contributed by atoms with Crippen LogP contribution in [0.2, 0.25) is 0 Å². The van der Waals surface area contributed by atoms with Gasteiger partial charge in [-0.3, -0.25) is 9.52 Å². The van der Waals surface area contributed by atoms with Crippen molar-refractivity contribution in [2.45, 2.75) is 57.5 Å². The molecule has 0 heterocycles. The Kier molecular flexibility index (Phi) is 6.57. The maximum absolute atomic E-state index is 12.2. The van der Waals surface area contributed by atoms with Gasteiger partial charge in [-0.25, -0.2) is 8.42 Å². The summed E-state index contributed by atoms with van der Waals surface area (Å²) >= 11 is 0. The van der Waals surface area contributed by atoms with E-state index in [4.69, 9.17) is 10.00 Å². The molecule has 1 N–H and O–H groups in total. The van der Waals surface area contributed by atoms with Gasteiger partial charge < -0.3 is 4.74 Å². The Morgan fingerprint density at radius 1 is 1.44 bits per heavy atom. The van der Waals surface area contributed by atoms with E-state index in [0.29, 0.717) is 17.0 Å². The zero-order valence-electron chi connectivity index (χ0n) is 14.6. The zero-order valence-corrected chi connectivity index (χ0v) is 15.4. The van der Waals surface area contributed by atoms with Crippen molar-refractivity contribution in [3.05, 3.63) is 35.4 Å². The molecule has 2 rings (SSSR count). The van der Waals surface area contributed by atoms with E-state index in [0.717, 1.165) is 25.7 Å². The summed E-state index contributed by atoms with van der Waals surface area (Å²) in [6.45, 7) is 3.72. The summed E-state index contributed by atoms with van der Waals surface area (Å²) in [5.74, 6) is -0.457. The van der Waals surface area contributed by atoms with Gasteiger partial charge in [0.15, 0.2) is 0 Å². The second-order valence-corrected chi connectivity index (χ2v) is 8.43. The first-order valence-corrected chi connectivity index (χ1v) is 10.1. The van der Waals surface area contributed by atoms with E-state index in [9.17, 15) is 13.2 Å². The highest BCUT2D eigenvalue weighted by molar-refractivity contribution is 7.89. The number of amides is 1. The predicted octanol–water partition coefficient (Wildman–Crippen LogP) is 2.49. The summed E-state index contributed by atoms with van der Waals surface area (Å²) in [5, 5.41) is 8.87. The van der Waals surface area contributed by atoms with Crippen molar-refractivity contribution in [2.75, 3.05) is 0 Å². The van der Waals surface area contributed by atoms with Crippen molar-refractivity contribution in [3.63, 3.8) is 0 Å². The highest BCUT2D eigenvalue weighted by atomic mass is 32.2. The Morgan fingerprint density at radius 2 is 2.20 bits per heavy atom. The van der Waals surface area contributed by atoms with Crippen LogP contribution < -0.4 is 4.72 Å². The Labute approximate surface area is 149 Å². The standard InChI is InChI=1S/C18H24N2O4S/c1-13-5-3-8-17(9-13)24-14(2)18(21)20-25(22,23)12-16-7-4-6-15(10-16)11-19/h4,6-7,10,13-14,17H,3,5,8-9,12H2,1-2H3,(H,20,21)/t13-,14+,17+/m1/s1. The monoisotopic (exact) mass is 364 g/mol. The molecular formula is C18H24N2O4S. The number of nitrogens with one attached hydrogen (secondary N) is 1. The lowest BCUT2D eigenvalue weighted by Gasteiger charge is -2.28. The predicted molar refractivity (Wildman–Crippen MR) is 93.9 cm³/mol. The SMILES string of the molecule is C[C@@H]1CCC[C@H](O[C@@H](C)C(=O)NS(=O)(=O)Cc2cccc(C#N)c2)C1. The summed E-state index contributed by atoms with van der Waals surface area (Å²) in [5.41, 5.74) is 0.830. The molecule has 0 bridgehead atoms. The largest absolute Gasteiger partial charge is 0.365 e. The van der Waals surface area contributed by atoms with Crippen LogP contribution in [0.15, 0.2) is 24.3 Å². The molecule has 6 nitrogen and oxygen atoms in total. The Hall–Kier alpha value is -1.91. The van der Waals surface area contributed by atoms with E-state index in [1.807, 2.05) is 6.07 Å². The van der Waals surface area contributed by atoms with Gasteiger partial charge >= 0.3 is 0 Å². The minimum atomic E-state index is -3.84. The number of carbonyl (C=O) groups is 1. The average molecular weight is 364 g/mol. The van der Waals surface area contributed by atoms with Gasteiger partial charge in [0.1, 0.15) is 6.10 Å². The normalized spacial score (nSPS) is 22.0. The molecular weight excluding hydrogens is 340 g/mol. The third-order valence-electron chi connectivity index (χ3n) is 4.32. The molecule has 1 aromatic carbocycles. The summed E-state index contributed by atoms with van der Waals surface area (Å²) in [4.78, 5) is 12.2. The Morgan fingerprint density at radius 3 is 2.88 bits per heavy atom. The fourth-order valence-electron chi connectivity index (χ4n) is 3.07. The lowest BCUT2D eigenvalue weighted by Crippen LogP contribution is -2.41. The molecule has 1 fully saturated rings. The molecule has 0 spiro atoms. The van der Waals surface area contributed by atoms with Crippen molar-refractivity contribution in [2.24, 2.45) is 5.92 Å². The number of hydrogen-bond donors (Lipinski definition) is 1. The van der Waals surface area contributed by atoms with Crippen molar-refractivity contribution >= 4 is 15.9 Å². The molecule has 0 unspecified atom stereocenters. The highest BCUT2D eigenvalue weighted by Gasteiger charge is 2.26. The smallest absolute Gasteiger partial charge is 0.262 e. The summed E-state index contributed by atoms with van der Waals surface area (Å²) < 4.78 is 32.2. The minimum Gasteiger partial charge on any atom is -0.365 e. The van der Waals surface area contributed by atoms with E-state index in [2.05, 4.69) is 11.6 Å². The molecule has 0 saturated heterocycles. The number of hydrogen-bond acceptors (Lipinski definition) is 5. The van der Waals surface area contributed by atoms with Crippen LogP contribution in [0, 0.1) is 17.2 Å². The summed E-state index contributed by atoms with van der Waals surface area (Å²) in [7, 11) is -3.84. The first kappa shape index (κ1) is 19.4. The van der Waals surface area contributed by atoms with Crippen molar-refractivity contribution in [1.29, 1.82) is 5.26 Å². The molecule has 3 atom stereocenters. The van der Waals surface area contributed by atoms with Crippen molar-refractivity contribution in [3.8, 4) is 6.07 Å². The van der Waals surface area contributed by atoms with Gasteiger partial charge in [-0.1, -0.05) is 31.9 Å². The number of carbonyl (C=O) groups excluding carboxylic acids is 1. The number of nitrogens with zero attached hydrogens (tertiary/aromatic N) is 1. The molecule has 7 heteroatoms. The van der Waals surface area contributed by atoms with E-state index < -0.39 is 22.0 Å². The van der Waals surface area contributed by atoms with Gasteiger partial charge in [0, 0.05) is 0 Å². The summed E-state index contributed by atoms with van der Waals surface area (Å²) in [6.07, 6.45) is 3.20. The second kappa shape index (κ2) is 8.45. The van der Waals surface area contributed by atoms with Crippen LogP contribution in [0.3, 0.4) is 0 Å². The fraction of sp³-hybridized carbons (Fsp3) is 0.556. The van der Waals surface area contributed by atoms with E-state index >= 15 is 0 Å². The quantitative estimate of drug-likeness (QED) is 0.836. The van der Waals surface area contributed by atoms with Gasteiger partial charge in [0.05, 0.1) is 23.5 Å². The van der Waals surface area contributed by atoms with Crippen LogP contribution in [0.4, 0.5) is 0 Å². The van der Waals surface area contributed by atoms with Crippen LogP contribution in [0.5, 0.6) is 0 Å². The maximum Gasteiger partial charge on any atom is 0.262 e. The maximum atomic E-state index is 12.2. The molecule has 1 amide bonds. The first-order valence-electron chi connectivity index (χ1n) is 8.48. The molecule has 25 heavy (non-hydrogen) atoms. The average Bonchev–Trinajstić information content (AvgIpc) is 2.54. The third kappa shape index (κ3) is 6.15. The zero-order chi connectivity index (χ0) is 18.4. The molecule has 1 aromatic rings. The first-order chi connectivity index (χ1) is 11.8. The molecule has 0 aromatic heterocycles. The van der Waals surface area contributed by atoms with E-state index in [1.165, 1.54) is 6.07 Å². The number of benzene rings is 1. The molecule has 1 aliphatic carbocycles. The van der Waals surface area contributed by atoms with Crippen molar-refractivity contribution in [1.82, 2.24) is 4.72 Å². The molecule has 136 valence electrons. The van der Waals surface area contributed by atoms with Crippen LogP contribution in [-0.2, 0) is 25.3 Å². The van der Waals surface area contributed by atoms with Crippen LogP contribution in [-0.4, -0.2) is 26.5 Å². The Bertz CT molecular complexity index is 755. The van der Waals surface area contributed by atoms with Crippen molar-refractivity contribution < 1.29 is 17.9 Å². The van der Waals surface area contributed by atoms with Crippen LogP contribution in [0.1, 0.15) is 50.7 Å². The van der Waals surface area contributed by atoms with Crippen LogP contribution >= 0.6 is 0 Å². The van der Waals surface area contributed by atoms with Gasteiger partial charge in [-0.05, 0) is 43.4 Å². The Balaban J connectivity index is 1.92. The number of nitriles is 1. The van der Waals surface area contributed by atoms with Gasteiger partial charge in [0.2, 0.25) is 10.0 Å². The molecule has 0 aliphatic heterocycles. The molecule has 1 aliphatic rings. The van der Waals surface area contributed by atoms with Gasteiger partial charge in [-0.15, -0.1) is 0 Å². The third-order valence-corrected chi connectivity index (χ3v) is 5.55. The number of rotatable bonds is 6. The van der Waals surface area contributed by atoms with Crippen LogP contribution in [0.25, 0.3) is 0 Å². The van der Waals surface area contributed by atoms with Gasteiger partial charge in [0.25, 0.3) is 5.91 Å². The van der Waals surface area contributed by atoms with Gasteiger partial charge in [-0.2, -0.15) is 5.26 Å². The van der Waals surface area contributed by atoms with E-state index in [1.54, 1.807) is 25.1 Å². The number of ether oxygens (including phenoxy) is 1. The second-order valence-electron chi connectivity index (χ2n) is 6.71. The number of sulfonamides is 1. The minimum absolute atomic E-state index is 0.000450. The highest BCUT2D eigenvalue weighted by Crippen LogP contribution is 2.26. The topological polar surface area (TPSA) is 96.3 Å². The molecule has 1 saturated carbocycles. The summed E-state index contributed by atoms with van der Waals surface area (Å²) in [6, 6.07) is 8.26. The lowest BCUT2D eigenvalue weighted by molar-refractivity contribution is -0.135. The lowest BCUT2D eigenvalue weighted by atomic mass is 9.88.